The highest BCUT2D eigenvalue weighted by Gasteiger charge is 2.34. The van der Waals surface area contributed by atoms with Gasteiger partial charge < -0.3 is 9.64 Å². The molecule has 1 amide bonds. The van der Waals surface area contributed by atoms with Crippen molar-refractivity contribution in [2.45, 2.75) is 31.7 Å². The zero-order valence-corrected chi connectivity index (χ0v) is 22.0. The molecule has 2 aromatic carbocycles. The number of nitrogens with zero attached hydrogens (tertiary/aromatic N) is 3. The van der Waals surface area contributed by atoms with Crippen LogP contribution < -0.4 is 9.62 Å². The van der Waals surface area contributed by atoms with E-state index in [1.807, 2.05) is 29.2 Å². The van der Waals surface area contributed by atoms with Crippen LogP contribution in [0, 0.1) is 11.3 Å². The van der Waals surface area contributed by atoms with E-state index in [1.165, 1.54) is 18.4 Å². The highest BCUT2D eigenvalue weighted by atomic mass is 35.5. The zero-order chi connectivity index (χ0) is 25.7. The first kappa shape index (κ1) is 26.1. The van der Waals surface area contributed by atoms with Crippen LogP contribution in [0.25, 0.3) is 0 Å². The minimum absolute atomic E-state index is 0.141. The molecule has 0 aliphatic heterocycles. The second-order valence-corrected chi connectivity index (χ2v) is 11.7. The van der Waals surface area contributed by atoms with E-state index in [2.05, 4.69) is 15.8 Å². The molecule has 1 aromatic heterocycles. The van der Waals surface area contributed by atoms with Crippen molar-refractivity contribution in [3.8, 4) is 6.07 Å². The molecule has 0 saturated heterocycles. The average Bonchev–Trinajstić information content (AvgIpc) is 3.61. The van der Waals surface area contributed by atoms with Crippen molar-refractivity contribution in [2.75, 3.05) is 24.4 Å². The number of hydrogen-bond donors (Lipinski definition) is 1. The first-order valence-corrected chi connectivity index (χ1v) is 14.2. The van der Waals surface area contributed by atoms with Crippen LogP contribution in [0.4, 0.5) is 10.8 Å². The predicted molar refractivity (Wildman–Crippen MR) is 140 cm³/mol. The van der Waals surface area contributed by atoms with Gasteiger partial charge in [-0.2, -0.15) is 5.26 Å². The van der Waals surface area contributed by atoms with E-state index >= 15 is 0 Å². The van der Waals surface area contributed by atoms with Gasteiger partial charge in [-0.3, -0.25) is 4.79 Å². The van der Waals surface area contributed by atoms with Gasteiger partial charge in [-0.05, 0) is 67.1 Å². The lowest BCUT2D eigenvalue weighted by atomic mass is 10.2. The fourth-order valence-corrected chi connectivity index (χ4v) is 5.97. The Morgan fingerprint density at radius 3 is 2.53 bits per heavy atom. The Kier molecular flexibility index (Phi) is 8.26. The molecule has 36 heavy (non-hydrogen) atoms. The lowest BCUT2D eigenvalue weighted by Crippen LogP contribution is -2.33. The summed E-state index contributed by atoms with van der Waals surface area (Å²) in [5, 5.41) is 10.4. The molecule has 0 bridgehead atoms. The van der Waals surface area contributed by atoms with Gasteiger partial charge in [0.05, 0.1) is 23.9 Å². The number of nitrogens with one attached hydrogen (secondary N) is 1. The van der Waals surface area contributed by atoms with E-state index in [0.29, 0.717) is 22.3 Å². The summed E-state index contributed by atoms with van der Waals surface area (Å²) >= 11 is 7.44. The molecule has 1 N–H and O–H groups in total. The molecule has 0 radical (unpaired) electrons. The normalized spacial score (nSPS) is 13.2. The van der Waals surface area contributed by atoms with Gasteiger partial charge in [-0.1, -0.05) is 23.7 Å². The highest BCUT2D eigenvalue weighted by molar-refractivity contribution is 7.90. The summed E-state index contributed by atoms with van der Waals surface area (Å²) in [6, 6.07) is 16.6. The summed E-state index contributed by atoms with van der Waals surface area (Å²) in [4.78, 5) is 20.4. The molecule has 1 saturated carbocycles. The van der Waals surface area contributed by atoms with Crippen molar-refractivity contribution in [3.63, 3.8) is 0 Å². The smallest absolute Gasteiger partial charge is 0.284 e. The lowest BCUT2D eigenvalue weighted by molar-refractivity contribution is 0.0976. The number of amides is 1. The third-order valence-electron chi connectivity index (χ3n) is 5.61. The number of sulfonamides is 1. The number of carbonyl (C=O) groups is 1. The Hall–Kier alpha value is -2.97. The van der Waals surface area contributed by atoms with Crippen LogP contribution >= 0.6 is 22.9 Å². The number of thiazole rings is 1. The number of nitriles is 1. The van der Waals surface area contributed by atoms with Crippen molar-refractivity contribution in [3.05, 3.63) is 75.3 Å². The summed E-state index contributed by atoms with van der Waals surface area (Å²) in [6.07, 6.45) is 2.14. The number of benzene rings is 2. The molecule has 3 aromatic rings. The Morgan fingerprint density at radius 1 is 1.22 bits per heavy atom. The van der Waals surface area contributed by atoms with Crippen LogP contribution in [0.3, 0.4) is 0 Å². The van der Waals surface area contributed by atoms with Crippen LogP contribution in [0.1, 0.15) is 51.7 Å². The standard InChI is InChI=1S/C25H25ClN4O4S2/c1-34-13-2-14-36(32,33)29-24(31)22-23(19-7-8-19)35-25(28-22)30(16-18-3-9-20(26)10-4-18)21-11-5-17(15-27)6-12-21/h3-6,9-12,19H,2,7-8,13-14,16H2,1H3,(H,29,31). The van der Waals surface area contributed by atoms with Crippen molar-refractivity contribution in [2.24, 2.45) is 0 Å². The zero-order valence-electron chi connectivity index (χ0n) is 19.6. The molecule has 4 rings (SSSR count). The number of methoxy groups -OCH3 is 1. The number of rotatable bonds is 11. The molecule has 8 nitrogen and oxygen atoms in total. The fraction of sp³-hybridized carbons (Fsp3) is 0.320. The number of ether oxygens (including phenoxy) is 1. The fourth-order valence-electron chi connectivity index (χ4n) is 3.61. The van der Waals surface area contributed by atoms with E-state index in [1.54, 1.807) is 24.3 Å². The van der Waals surface area contributed by atoms with Crippen molar-refractivity contribution in [1.29, 1.82) is 5.26 Å². The predicted octanol–water partition coefficient (Wildman–Crippen LogP) is 4.98. The Morgan fingerprint density at radius 2 is 1.92 bits per heavy atom. The van der Waals surface area contributed by atoms with Crippen LogP contribution in [-0.4, -0.2) is 38.8 Å². The first-order chi connectivity index (χ1) is 17.3. The van der Waals surface area contributed by atoms with Crippen molar-refractivity contribution in [1.82, 2.24) is 9.71 Å². The van der Waals surface area contributed by atoms with Gasteiger partial charge in [-0.15, -0.1) is 11.3 Å². The molecule has 0 spiro atoms. The molecule has 188 valence electrons. The van der Waals surface area contributed by atoms with Gasteiger partial charge in [0.2, 0.25) is 10.0 Å². The second kappa shape index (κ2) is 11.4. The van der Waals surface area contributed by atoms with E-state index in [-0.39, 0.29) is 30.4 Å². The molecule has 1 aliphatic rings. The number of hydrogen-bond acceptors (Lipinski definition) is 8. The first-order valence-electron chi connectivity index (χ1n) is 11.4. The molecule has 1 heterocycles. The highest BCUT2D eigenvalue weighted by Crippen LogP contribution is 2.47. The lowest BCUT2D eigenvalue weighted by Gasteiger charge is -2.22. The van der Waals surface area contributed by atoms with Gasteiger partial charge in [0.15, 0.2) is 5.13 Å². The third-order valence-corrected chi connectivity index (χ3v) is 8.42. The minimum atomic E-state index is -3.82. The Balaban J connectivity index is 1.67. The van der Waals surface area contributed by atoms with Gasteiger partial charge in [0, 0.05) is 29.3 Å². The molecule has 11 heteroatoms. The van der Waals surface area contributed by atoms with E-state index in [4.69, 9.17) is 16.3 Å². The summed E-state index contributed by atoms with van der Waals surface area (Å²) in [7, 11) is -2.32. The number of anilines is 2. The summed E-state index contributed by atoms with van der Waals surface area (Å²) in [6.45, 7) is 0.727. The van der Waals surface area contributed by atoms with E-state index in [9.17, 15) is 18.5 Å². The van der Waals surface area contributed by atoms with Crippen LogP contribution in [0.5, 0.6) is 0 Å². The number of carbonyl (C=O) groups excluding carboxylic acids is 1. The maximum Gasteiger partial charge on any atom is 0.284 e. The van der Waals surface area contributed by atoms with Gasteiger partial charge >= 0.3 is 0 Å². The Bertz CT molecular complexity index is 1360. The van der Waals surface area contributed by atoms with Crippen LogP contribution in [0.2, 0.25) is 5.02 Å². The second-order valence-electron chi connectivity index (χ2n) is 8.45. The van der Waals surface area contributed by atoms with Crippen LogP contribution in [0.15, 0.2) is 48.5 Å². The minimum Gasteiger partial charge on any atom is -0.385 e. The van der Waals surface area contributed by atoms with Gasteiger partial charge in [0.1, 0.15) is 5.69 Å². The largest absolute Gasteiger partial charge is 0.385 e. The number of aromatic nitrogens is 1. The third kappa shape index (κ3) is 6.62. The summed E-state index contributed by atoms with van der Waals surface area (Å²) < 4.78 is 31.9. The average molecular weight is 545 g/mol. The summed E-state index contributed by atoms with van der Waals surface area (Å²) in [5.41, 5.74) is 2.43. The van der Waals surface area contributed by atoms with Crippen LogP contribution in [-0.2, 0) is 21.3 Å². The van der Waals surface area contributed by atoms with Gasteiger partial charge in [-0.25, -0.2) is 18.1 Å². The molecule has 0 unspecified atom stereocenters. The maximum atomic E-state index is 13.1. The monoisotopic (exact) mass is 544 g/mol. The quantitative estimate of drug-likeness (QED) is 0.339. The molecular weight excluding hydrogens is 520 g/mol. The van der Waals surface area contributed by atoms with E-state index < -0.39 is 15.9 Å². The number of halogens is 1. The molecule has 1 fully saturated rings. The maximum absolute atomic E-state index is 13.1. The molecule has 1 aliphatic carbocycles. The SMILES string of the molecule is COCCCS(=O)(=O)NC(=O)c1nc(N(Cc2ccc(Cl)cc2)c2ccc(C#N)cc2)sc1C1CC1. The van der Waals surface area contributed by atoms with E-state index in [0.717, 1.165) is 29.0 Å². The van der Waals surface area contributed by atoms with Crippen molar-refractivity contribution >= 4 is 49.7 Å². The Labute approximate surface area is 219 Å². The molecular formula is C25H25ClN4O4S2. The van der Waals surface area contributed by atoms with Crippen molar-refractivity contribution < 1.29 is 17.9 Å². The molecule has 0 atom stereocenters. The van der Waals surface area contributed by atoms with Gasteiger partial charge in [0.25, 0.3) is 5.91 Å². The topological polar surface area (TPSA) is 112 Å². The summed E-state index contributed by atoms with van der Waals surface area (Å²) in [5.74, 6) is -0.745.